The van der Waals surface area contributed by atoms with Crippen molar-refractivity contribution >= 4 is 47.0 Å². The SMILES string of the molecule is CC(C)(C)OC(=O)CO/N=C(\C(=O)NC1C(=O)N2C(C(=O)[O-])=C(C[n+]3ccccc3)CS[C@H]12)c1cccc(N)n1. The normalized spacial score (nSPS) is 18.9. The van der Waals surface area contributed by atoms with Crippen LogP contribution in [0.5, 0.6) is 0 Å². The third-order valence-corrected chi connectivity index (χ3v) is 7.00. The van der Waals surface area contributed by atoms with E-state index in [0.717, 1.165) is 4.90 Å². The lowest BCUT2D eigenvalue weighted by Crippen LogP contribution is -2.71. The van der Waals surface area contributed by atoms with Crippen LogP contribution >= 0.6 is 11.8 Å². The van der Waals surface area contributed by atoms with Crippen molar-refractivity contribution < 1.29 is 38.4 Å². The Morgan fingerprint density at radius 1 is 1.23 bits per heavy atom. The molecule has 3 N–H and O–H groups in total. The van der Waals surface area contributed by atoms with Gasteiger partial charge in [-0.25, -0.2) is 14.3 Å². The molecule has 210 valence electrons. The average molecular weight is 569 g/mol. The zero-order valence-corrected chi connectivity index (χ0v) is 22.8. The van der Waals surface area contributed by atoms with Crippen LogP contribution in [0.2, 0.25) is 0 Å². The summed E-state index contributed by atoms with van der Waals surface area (Å²) in [7, 11) is 0. The van der Waals surface area contributed by atoms with E-state index in [-0.39, 0.29) is 29.5 Å². The molecule has 1 unspecified atom stereocenters. The minimum Gasteiger partial charge on any atom is -0.543 e. The highest BCUT2D eigenvalue weighted by molar-refractivity contribution is 8.00. The molecule has 14 heteroatoms. The van der Waals surface area contributed by atoms with Crippen molar-refractivity contribution in [3.05, 3.63) is 65.8 Å². The molecular weight excluding hydrogens is 540 g/mol. The molecule has 2 amide bonds. The van der Waals surface area contributed by atoms with Crippen LogP contribution < -0.4 is 20.7 Å². The van der Waals surface area contributed by atoms with Gasteiger partial charge in [0.15, 0.2) is 24.7 Å². The lowest BCUT2D eigenvalue weighted by molar-refractivity contribution is -0.689. The highest BCUT2D eigenvalue weighted by Gasteiger charge is 2.53. The zero-order chi connectivity index (χ0) is 29.0. The predicted octanol–water partition coefficient (Wildman–Crippen LogP) is -0.882. The quantitative estimate of drug-likeness (QED) is 0.127. The molecule has 0 saturated carbocycles. The van der Waals surface area contributed by atoms with Gasteiger partial charge in [0.25, 0.3) is 11.8 Å². The summed E-state index contributed by atoms with van der Waals surface area (Å²) in [5.41, 5.74) is 5.03. The summed E-state index contributed by atoms with van der Waals surface area (Å²) >= 11 is 1.31. The number of pyridine rings is 2. The summed E-state index contributed by atoms with van der Waals surface area (Å²) in [5.74, 6) is -3.21. The molecule has 0 aliphatic carbocycles. The first-order valence-corrected chi connectivity index (χ1v) is 13.3. The predicted molar refractivity (Wildman–Crippen MR) is 141 cm³/mol. The Hall–Kier alpha value is -4.46. The number of nitrogens with zero attached hydrogens (tertiary/aromatic N) is 4. The van der Waals surface area contributed by atoms with Crippen LogP contribution in [-0.2, 0) is 35.3 Å². The molecule has 0 aromatic carbocycles. The summed E-state index contributed by atoms with van der Waals surface area (Å²) < 4.78 is 6.96. The molecule has 0 bridgehead atoms. The zero-order valence-electron chi connectivity index (χ0n) is 22.0. The molecule has 13 nitrogen and oxygen atoms in total. The first kappa shape index (κ1) is 28.5. The van der Waals surface area contributed by atoms with E-state index in [4.69, 9.17) is 15.3 Å². The van der Waals surface area contributed by atoms with E-state index in [1.807, 2.05) is 18.2 Å². The van der Waals surface area contributed by atoms with Crippen molar-refractivity contribution in [2.24, 2.45) is 5.16 Å². The number of rotatable bonds is 9. The standard InChI is InChI=1S/C26H28N6O7S/c1-26(2,3)39-18(33)13-38-30-19(16-8-7-9-17(27)28-16)22(34)29-20-23(35)32-21(25(36)37)15(14-40-24(20)32)12-31-10-5-4-6-11-31/h4-11,20,24H,12-14H2,1-3H3,(H3-,27,28,29,34,36,37)/b30-19-/t20?,24-/m1/s1. The summed E-state index contributed by atoms with van der Waals surface area (Å²) in [6.45, 7) is 4.76. The third-order valence-electron chi connectivity index (χ3n) is 5.66. The Balaban J connectivity index is 1.51. The van der Waals surface area contributed by atoms with Gasteiger partial charge in [-0.15, -0.1) is 11.8 Å². The number of nitrogens with two attached hydrogens (primary N) is 1. The number of hydrogen-bond acceptors (Lipinski definition) is 11. The monoisotopic (exact) mass is 568 g/mol. The number of oxime groups is 1. The molecule has 40 heavy (non-hydrogen) atoms. The second-order valence-electron chi connectivity index (χ2n) is 9.90. The average Bonchev–Trinajstić information content (AvgIpc) is 2.88. The van der Waals surface area contributed by atoms with Crippen molar-refractivity contribution in [3.63, 3.8) is 0 Å². The molecule has 4 rings (SSSR count). The van der Waals surface area contributed by atoms with E-state index in [9.17, 15) is 24.3 Å². The van der Waals surface area contributed by atoms with Gasteiger partial charge < -0.3 is 30.5 Å². The van der Waals surface area contributed by atoms with Gasteiger partial charge in [0.1, 0.15) is 28.5 Å². The number of nitrogens with one attached hydrogen (secondary N) is 1. The van der Waals surface area contributed by atoms with Crippen molar-refractivity contribution in [3.8, 4) is 0 Å². The van der Waals surface area contributed by atoms with Gasteiger partial charge in [-0.05, 0) is 32.9 Å². The summed E-state index contributed by atoms with van der Waals surface area (Å²) in [6.07, 6.45) is 3.57. The second-order valence-corrected chi connectivity index (χ2v) is 11.0. The van der Waals surface area contributed by atoms with Gasteiger partial charge in [-0.2, -0.15) is 0 Å². The molecular formula is C26H28N6O7S. The van der Waals surface area contributed by atoms with Gasteiger partial charge in [0, 0.05) is 23.5 Å². The Morgan fingerprint density at radius 2 is 1.95 bits per heavy atom. The molecule has 2 aromatic rings. The maximum absolute atomic E-state index is 13.3. The highest BCUT2D eigenvalue weighted by Crippen LogP contribution is 2.40. The number of thioether (sulfide) groups is 1. The fourth-order valence-electron chi connectivity index (χ4n) is 4.07. The smallest absolute Gasteiger partial charge is 0.347 e. The molecule has 2 aromatic heterocycles. The number of amides is 2. The fourth-order valence-corrected chi connectivity index (χ4v) is 5.41. The molecule has 0 radical (unpaired) electrons. The number of hydrogen-bond donors (Lipinski definition) is 2. The van der Waals surface area contributed by atoms with E-state index in [0.29, 0.717) is 11.3 Å². The van der Waals surface area contributed by atoms with Gasteiger partial charge in [-0.3, -0.25) is 14.5 Å². The number of esters is 1. The van der Waals surface area contributed by atoms with E-state index >= 15 is 0 Å². The Morgan fingerprint density at radius 3 is 2.60 bits per heavy atom. The van der Waals surface area contributed by atoms with E-state index in [2.05, 4.69) is 15.5 Å². The van der Waals surface area contributed by atoms with Crippen LogP contribution in [0, 0.1) is 0 Å². The molecule has 2 aliphatic rings. The van der Waals surface area contributed by atoms with E-state index in [1.165, 1.54) is 23.9 Å². The maximum Gasteiger partial charge on any atom is 0.347 e. The minimum atomic E-state index is -1.48. The number of carboxylic acids is 1. The lowest BCUT2D eigenvalue weighted by Gasteiger charge is -2.50. The number of carbonyl (C=O) groups excluding carboxylic acids is 4. The minimum absolute atomic E-state index is 0.0408. The first-order valence-electron chi connectivity index (χ1n) is 12.2. The number of nitrogen functional groups attached to an aromatic ring is 1. The van der Waals surface area contributed by atoms with Crippen molar-refractivity contribution in [1.82, 2.24) is 15.2 Å². The largest absolute Gasteiger partial charge is 0.543 e. The number of ether oxygens (including phenoxy) is 1. The summed E-state index contributed by atoms with van der Waals surface area (Å²) in [5, 5.41) is 17.7. The fraction of sp³-hybridized carbons (Fsp3) is 0.346. The summed E-state index contributed by atoms with van der Waals surface area (Å²) in [6, 6.07) is 8.92. The van der Waals surface area contributed by atoms with Crippen molar-refractivity contribution in [2.75, 3.05) is 18.1 Å². The molecule has 1 fully saturated rings. The number of aromatic nitrogens is 2. The van der Waals surface area contributed by atoms with Gasteiger partial charge in [0.2, 0.25) is 6.61 Å². The van der Waals surface area contributed by atoms with Crippen LogP contribution in [0.1, 0.15) is 26.5 Å². The Kier molecular flexibility index (Phi) is 8.38. The Bertz CT molecular complexity index is 1390. The maximum atomic E-state index is 13.3. The molecule has 2 aliphatic heterocycles. The number of aliphatic carboxylic acids is 1. The number of carbonyl (C=O) groups is 4. The van der Waals surface area contributed by atoms with Gasteiger partial charge in [-0.1, -0.05) is 17.3 Å². The molecule has 2 atom stereocenters. The van der Waals surface area contributed by atoms with Crippen LogP contribution in [0.4, 0.5) is 5.82 Å². The van der Waals surface area contributed by atoms with Crippen molar-refractivity contribution in [2.45, 2.75) is 44.3 Å². The van der Waals surface area contributed by atoms with E-state index in [1.54, 1.807) is 43.8 Å². The van der Waals surface area contributed by atoms with Crippen LogP contribution in [0.15, 0.2) is 65.2 Å². The topological polar surface area (TPSA) is 180 Å². The first-order chi connectivity index (χ1) is 18.9. The van der Waals surface area contributed by atoms with Crippen LogP contribution in [0.3, 0.4) is 0 Å². The van der Waals surface area contributed by atoms with Crippen molar-refractivity contribution in [1.29, 1.82) is 0 Å². The number of carboxylic acid groups (broad SMARTS) is 1. The molecule has 1 saturated heterocycles. The van der Waals surface area contributed by atoms with Crippen LogP contribution in [-0.4, -0.2) is 68.7 Å². The van der Waals surface area contributed by atoms with E-state index < -0.39 is 47.4 Å². The lowest BCUT2D eigenvalue weighted by atomic mass is 10.0. The van der Waals surface area contributed by atoms with Gasteiger partial charge >= 0.3 is 5.97 Å². The number of β-lactam (4-membered cyclic amide) rings is 1. The number of fused-ring (bicyclic) bond motifs is 1. The summed E-state index contributed by atoms with van der Waals surface area (Å²) in [4.78, 5) is 60.7. The second kappa shape index (κ2) is 11.7. The van der Waals surface area contributed by atoms with Crippen LogP contribution in [0.25, 0.3) is 0 Å². The molecule has 0 spiro atoms. The van der Waals surface area contributed by atoms with Gasteiger partial charge in [0.05, 0.1) is 11.7 Å². The highest BCUT2D eigenvalue weighted by atomic mass is 32.2. The third kappa shape index (κ3) is 6.57. The molecule has 4 heterocycles. The number of anilines is 1. The Labute approximate surface area is 234 Å².